The Balaban J connectivity index is 2.47. The van der Waals surface area contributed by atoms with E-state index in [1.807, 2.05) is 42.1 Å². The van der Waals surface area contributed by atoms with Crippen LogP contribution in [0, 0.1) is 0 Å². The van der Waals surface area contributed by atoms with Crippen LogP contribution < -0.4 is 5.43 Å². The molecule has 0 aliphatic carbocycles. The zero-order chi connectivity index (χ0) is 15.0. The lowest BCUT2D eigenvalue weighted by molar-refractivity contribution is 0.0695. The van der Waals surface area contributed by atoms with Gasteiger partial charge in [0.1, 0.15) is 5.56 Å². The van der Waals surface area contributed by atoms with Crippen molar-refractivity contribution in [2.24, 2.45) is 0 Å². The van der Waals surface area contributed by atoms with Crippen molar-refractivity contribution in [2.45, 2.75) is 13.5 Å². The minimum Gasteiger partial charge on any atom is -0.477 e. The topological polar surface area (TPSA) is 64.2 Å². The molecular weight excluding hydrogens is 268 g/mol. The summed E-state index contributed by atoms with van der Waals surface area (Å²) in [6, 6.07) is 9.15. The van der Waals surface area contributed by atoms with E-state index in [2.05, 4.69) is 0 Å². The van der Waals surface area contributed by atoms with Crippen LogP contribution in [0.2, 0.25) is 0 Å². The monoisotopic (exact) mass is 282 g/mol. The molecule has 3 rings (SSSR count). The lowest BCUT2D eigenvalue weighted by atomic mass is 10.1. The van der Waals surface area contributed by atoms with E-state index in [0.29, 0.717) is 11.9 Å². The average Bonchev–Trinajstić information content (AvgIpc) is 3.01. The lowest BCUT2D eigenvalue weighted by Gasteiger charge is -2.14. The summed E-state index contributed by atoms with van der Waals surface area (Å²) in [5.74, 6) is -1.20. The number of nitrogens with zero attached hydrogens (tertiary/aromatic N) is 2. The summed E-state index contributed by atoms with van der Waals surface area (Å²) in [7, 11) is 0. The van der Waals surface area contributed by atoms with Gasteiger partial charge in [-0.05, 0) is 31.2 Å². The number of aromatic nitrogens is 2. The summed E-state index contributed by atoms with van der Waals surface area (Å²) in [6.45, 7) is 2.50. The number of aryl methyl sites for hydroxylation is 1. The molecule has 1 aromatic carbocycles. The molecule has 106 valence electrons. The smallest absolute Gasteiger partial charge is 0.341 e. The zero-order valence-electron chi connectivity index (χ0n) is 11.5. The Kier molecular flexibility index (Phi) is 3.10. The second kappa shape index (κ2) is 4.94. The van der Waals surface area contributed by atoms with Gasteiger partial charge in [-0.25, -0.2) is 4.79 Å². The van der Waals surface area contributed by atoms with Crippen LogP contribution in [0.5, 0.6) is 0 Å². The van der Waals surface area contributed by atoms with Crippen molar-refractivity contribution in [2.75, 3.05) is 0 Å². The Labute approximate surface area is 120 Å². The van der Waals surface area contributed by atoms with Gasteiger partial charge in [-0.3, -0.25) is 4.79 Å². The maximum Gasteiger partial charge on any atom is 0.341 e. The fourth-order valence-corrected chi connectivity index (χ4v) is 2.55. The summed E-state index contributed by atoms with van der Waals surface area (Å²) in [4.78, 5) is 23.6. The van der Waals surface area contributed by atoms with Gasteiger partial charge in [0, 0.05) is 30.5 Å². The van der Waals surface area contributed by atoms with E-state index in [0.717, 1.165) is 11.2 Å². The van der Waals surface area contributed by atoms with Gasteiger partial charge in [0.15, 0.2) is 0 Å². The molecule has 0 spiro atoms. The maximum atomic E-state index is 12.4. The second-order valence-corrected chi connectivity index (χ2v) is 4.73. The van der Waals surface area contributed by atoms with Gasteiger partial charge in [-0.2, -0.15) is 0 Å². The van der Waals surface area contributed by atoms with Gasteiger partial charge in [0.2, 0.25) is 5.43 Å². The standard InChI is InChI=1S/C16H14N2O3/c1-2-17-10-12(16(20)21)15(19)11-6-5-7-13(14(11)17)18-8-3-4-9-18/h3-10H,2H2,1H3,(H,20,21). The number of carboxylic acid groups (broad SMARTS) is 1. The van der Waals surface area contributed by atoms with E-state index in [4.69, 9.17) is 0 Å². The Morgan fingerprint density at radius 1 is 1.19 bits per heavy atom. The number of hydrogen-bond donors (Lipinski definition) is 1. The van der Waals surface area contributed by atoms with Gasteiger partial charge in [0.05, 0.1) is 11.2 Å². The molecule has 0 saturated heterocycles. The predicted molar refractivity (Wildman–Crippen MR) is 80.2 cm³/mol. The zero-order valence-corrected chi connectivity index (χ0v) is 11.5. The fraction of sp³-hybridized carbons (Fsp3) is 0.125. The number of aromatic carboxylic acids is 1. The molecule has 1 N–H and O–H groups in total. The fourth-order valence-electron chi connectivity index (χ4n) is 2.55. The third-order valence-corrected chi connectivity index (χ3v) is 3.53. The lowest BCUT2D eigenvalue weighted by Crippen LogP contribution is -2.19. The van der Waals surface area contributed by atoms with Crippen LogP contribution in [0.1, 0.15) is 17.3 Å². The highest BCUT2D eigenvalue weighted by Crippen LogP contribution is 2.21. The van der Waals surface area contributed by atoms with Crippen molar-refractivity contribution in [3.8, 4) is 5.69 Å². The summed E-state index contributed by atoms with van der Waals surface area (Å²) >= 11 is 0. The molecule has 0 aliphatic rings. The molecule has 5 nitrogen and oxygen atoms in total. The first-order valence-corrected chi connectivity index (χ1v) is 6.66. The highest BCUT2D eigenvalue weighted by Gasteiger charge is 2.16. The number of rotatable bonds is 3. The van der Waals surface area contributed by atoms with Crippen LogP contribution in [0.3, 0.4) is 0 Å². The molecular formula is C16H14N2O3. The van der Waals surface area contributed by atoms with Crippen LogP contribution in [0.4, 0.5) is 0 Å². The summed E-state index contributed by atoms with van der Waals surface area (Å²) < 4.78 is 3.71. The van der Waals surface area contributed by atoms with Crippen molar-refractivity contribution >= 4 is 16.9 Å². The first-order valence-electron chi connectivity index (χ1n) is 6.66. The molecule has 0 unspecified atom stereocenters. The predicted octanol–water partition coefficient (Wildman–Crippen LogP) is 2.51. The van der Waals surface area contributed by atoms with Gasteiger partial charge in [-0.15, -0.1) is 0 Å². The van der Waals surface area contributed by atoms with Crippen LogP contribution >= 0.6 is 0 Å². The second-order valence-electron chi connectivity index (χ2n) is 4.73. The van der Waals surface area contributed by atoms with Crippen molar-refractivity contribution in [3.63, 3.8) is 0 Å². The van der Waals surface area contributed by atoms with Crippen molar-refractivity contribution < 1.29 is 9.90 Å². The molecule has 0 amide bonds. The molecule has 2 heterocycles. The van der Waals surface area contributed by atoms with E-state index >= 15 is 0 Å². The molecule has 5 heteroatoms. The van der Waals surface area contributed by atoms with E-state index in [-0.39, 0.29) is 5.56 Å². The highest BCUT2D eigenvalue weighted by molar-refractivity contribution is 5.95. The molecule has 3 aromatic rings. The third-order valence-electron chi connectivity index (χ3n) is 3.53. The Morgan fingerprint density at radius 2 is 1.90 bits per heavy atom. The maximum absolute atomic E-state index is 12.4. The van der Waals surface area contributed by atoms with Crippen LogP contribution in [0.25, 0.3) is 16.6 Å². The van der Waals surface area contributed by atoms with Gasteiger partial charge in [0.25, 0.3) is 0 Å². The summed E-state index contributed by atoms with van der Waals surface area (Å²) in [5.41, 5.74) is 0.949. The molecule has 2 aromatic heterocycles. The first-order chi connectivity index (χ1) is 10.1. The molecule has 0 atom stereocenters. The van der Waals surface area contributed by atoms with Crippen LogP contribution in [-0.2, 0) is 6.54 Å². The largest absolute Gasteiger partial charge is 0.477 e. The number of fused-ring (bicyclic) bond motifs is 1. The SMILES string of the molecule is CCn1cc(C(=O)O)c(=O)c2cccc(-n3cccc3)c21. The van der Waals surface area contributed by atoms with E-state index in [9.17, 15) is 14.7 Å². The van der Waals surface area contributed by atoms with Crippen molar-refractivity contribution in [1.29, 1.82) is 0 Å². The molecule has 21 heavy (non-hydrogen) atoms. The van der Waals surface area contributed by atoms with Gasteiger partial charge < -0.3 is 14.2 Å². The number of carbonyl (C=O) groups is 1. The average molecular weight is 282 g/mol. The minimum absolute atomic E-state index is 0.200. The number of pyridine rings is 1. The third kappa shape index (κ3) is 2.03. The number of para-hydroxylation sites is 1. The van der Waals surface area contributed by atoms with Gasteiger partial charge in [-0.1, -0.05) is 6.07 Å². The highest BCUT2D eigenvalue weighted by atomic mass is 16.4. The van der Waals surface area contributed by atoms with Crippen LogP contribution in [0.15, 0.2) is 53.7 Å². The van der Waals surface area contributed by atoms with Crippen molar-refractivity contribution in [1.82, 2.24) is 9.13 Å². The minimum atomic E-state index is -1.20. The van der Waals surface area contributed by atoms with Gasteiger partial charge >= 0.3 is 5.97 Å². The number of hydrogen-bond acceptors (Lipinski definition) is 2. The van der Waals surface area contributed by atoms with E-state index in [1.165, 1.54) is 6.20 Å². The van der Waals surface area contributed by atoms with E-state index < -0.39 is 11.4 Å². The summed E-state index contributed by atoms with van der Waals surface area (Å²) in [6.07, 6.45) is 5.20. The summed E-state index contributed by atoms with van der Waals surface area (Å²) in [5, 5.41) is 9.60. The molecule has 0 saturated carbocycles. The molecule has 0 fully saturated rings. The quantitative estimate of drug-likeness (QED) is 0.802. The van der Waals surface area contributed by atoms with Crippen molar-refractivity contribution in [3.05, 3.63) is 64.7 Å². The normalized spacial score (nSPS) is 10.9. The molecule has 0 aliphatic heterocycles. The Hall–Kier alpha value is -2.82. The van der Waals surface area contributed by atoms with Crippen LogP contribution in [-0.4, -0.2) is 20.2 Å². The first kappa shape index (κ1) is 13.2. The molecule has 0 bridgehead atoms. The number of carboxylic acids is 1. The Bertz CT molecular complexity index is 876. The number of benzene rings is 1. The Morgan fingerprint density at radius 3 is 2.52 bits per heavy atom. The van der Waals surface area contributed by atoms with E-state index in [1.54, 1.807) is 16.7 Å². The molecule has 0 radical (unpaired) electrons.